The van der Waals surface area contributed by atoms with Crippen molar-refractivity contribution in [3.63, 3.8) is 0 Å². The number of esters is 1. The summed E-state index contributed by atoms with van der Waals surface area (Å²) in [6.07, 6.45) is 1.94. The van der Waals surface area contributed by atoms with Gasteiger partial charge in [-0.1, -0.05) is 32.0 Å². The van der Waals surface area contributed by atoms with E-state index in [2.05, 4.69) is 11.9 Å². The minimum Gasteiger partial charge on any atom is -0.449 e. The summed E-state index contributed by atoms with van der Waals surface area (Å²) in [5, 5.41) is 0.767. The van der Waals surface area contributed by atoms with Crippen molar-refractivity contribution in [3.8, 4) is 0 Å². The molecule has 3 rings (SSSR count). The number of fused-ring (bicyclic) bond motifs is 1. The SMILES string of the molecule is CCc1nc2ccccc2c(C(=O)O[C@@H](C)C(=O)N2CCC(C)CC2)c1C. The summed E-state index contributed by atoms with van der Waals surface area (Å²) < 4.78 is 5.61. The summed E-state index contributed by atoms with van der Waals surface area (Å²) in [5.74, 6) is 0.0826. The van der Waals surface area contributed by atoms with Crippen LogP contribution < -0.4 is 0 Å². The van der Waals surface area contributed by atoms with Crippen molar-refractivity contribution in [3.05, 3.63) is 41.1 Å². The summed E-state index contributed by atoms with van der Waals surface area (Å²) in [5.41, 5.74) is 3.00. The van der Waals surface area contributed by atoms with Crippen LogP contribution in [0.5, 0.6) is 0 Å². The Labute approximate surface area is 160 Å². The first-order valence-electron chi connectivity index (χ1n) is 9.80. The second-order valence-electron chi connectivity index (χ2n) is 7.48. The number of aryl methyl sites for hydroxylation is 1. The Hall–Kier alpha value is -2.43. The smallest absolute Gasteiger partial charge is 0.339 e. The van der Waals surface area contributed by atoms with Gasteiger partial charge in [0.2, 0.25) is 0 Å². The molecule has 1 aliphatic heterocycles. The number of benzene rings is 1. The standard InChI is InChI=1S/C22H28N2O3/c1-5-18-15(3)20(17-8-6-7-9-19(17)23-18)22(26)27-16(4)21(25)24-12-10-14(2)11-13-24/h6-9,14,16H,5,10-13H2,1-4H3/t16-/m0/s1. The molecule has 0 bridgehead atoms. The maximum Gasteiger partial charge on any atom is 0.339 e. The number of nitrogens with zero attached hydrogens (tertiary/aromatic N) is 2. The lowest BCUT2D eigenvalue weighted by Crippen LogP contribution is -2.44. The van der Waals surface area contributed by atoms with Crippen LogP contribution in [-0.4, -0.2) is 41.0 Å². The fourth-order valence-corrected chi connectivity index (χ4v) is 3.72. The van der Waals surface area contributed by atoms with Crippen molar-refractivity contribution in [2.45, 2.75) is 53.1 Å². The number of carbonyl (C=O) groups is 2. The lowest BCUT2D eigenvalue weighted by Gasteiger charge is -2.32. The number of piperidine rings is 1. The number of likely N-dealkylation sites (tertiary alicyclic amines) is 1. The second-order valence-corrected chi connectivity index (χ2v) is 7.48. The van der Waals surface area contributed by atoms with Crippen molar-refractivity contribution >= 4 is 22.8 Å². The van der Waals surface area contributed by atoms with Crippen LogP contribution in [0.25, 0.3) is 10.9 Å². The highest BCUT2D eigenvalue weighted by atomic mass is 16.5. The molecule has 1 aromatic heterocycles. The van der Waals surface area contributed by atoms with Crippen molar-refractivity contribution in [1.82, 2.24) is 9.88 Å². The average molecular weight is 368 g/mol. The van der Waals surface area contributed by atoms with Crippen LogP contribution in [0, 0.1) is 12.8 Å². The quantitative estimate of drug-likeness (QED) is 0.768. The first-order chi connectivity index (χ1) is 12.9. The second kappa shape index (κ2) is 8.07. The summed E-state index contributed by atoms with van der Waals surface area (Å²) in [4.78, 5) is 32.1. The minimum atomic E-state index is -0.790. The molecule has 0 spiro atoms. The molecular formula is C22H28N2O3. The third-order valence-corrected chi connectivity index (χ3v) is 5.50. The molecule has 2 heterocycles. The highest BCUT2D eigenvalue weighted by Crippen LogP contribution is 2.25. The molecule has 1 aliphatic rings. The molecule has 1 amide bonds. The number of para-hydroxylation sites is 1. The molecule has 1 fully saturated rings. The zero-order valence-corrected chi connectivity index (χ0v) is 16.6. The van der Waals surface area contributed by atoms with Gasteiger partial charge in [0, 0.05) is 24.2 Å². The van der Waals surface area contributed by atoms with Gasteiger partial charge in [-0.2, -0.15) is 0 Å². The summed E-state index contributed by atoms with van der Waals surface area (Å²) in [7, 11) is 0. The maximum absolute atomic E-state index is 13.0. The third-order valence-electron chi connectivity index (χ3n) is 5.50. The van der Waals surface area contributed by atoms with E-state index in [0.29, 0.717) is 11.5 Å². The summed E-state index contributed by atoms with van der Waals surface area (Å²) in [6, 6.07) is 7.57. The number of amides is 1. The predicted octanol–water partition coefficient (Wildman–Crippen LogP) is 3.91. The molecule has 0 radical (unpaired) electrons. The Balaban J connectivity index is 1.83. The monoisotopic (exact) mass is 368 g/mol. The molecule has 1 saturated heterocycles. The first kappa shape index (κ1) is 19.3. The van der Waals surface area contributed by atoms with E-state index in [1.165, 1.54) is 0 Å². The van der Waals surface area contributed by atoms with Gasteiger partial charge in [-0.25, -0.2) is 4.79 Å². The van der Waals surface area contributed by atoms with E-state index < -0.39 is 12.1 Å². The van der Waals surface area contributed by atoms with Gasteiger partial charge in [0.05, 0.1) is 11.1 Å². The van der Waals surface area contributed by atoms with Gasteiger partial charge < -0.3 is 9.64 Å². The highest BCUT2D eigenvalue weighted by molar-refractivity contribution is 6.05. The zero-order valence-electron chi connectivity index (χ0n) is 16.6. The van der Waals surface area contributed by atoms with Crippen LogP contribution in [0.2, 0.25) is 0 Å². The fraction of sp³-hybridized carbons (Fsp3) is 0.500. The average Bonchev–Trinajstić information content (AvgIpc) is 2.67. The summed E-state index contributed by atoms with van der Waals surface area (Å²) in [6.45, 7) is 9.25. The molecule has 5 heteroatoms. The van der Waals surface area contributed by atoms with Gasteiger partial charge in [-0.05, 0) is 50.7 Å². The van der Waals surface area contributed by atoms with Crippen molar-refractivity contribution in [2.75, 3.05) is 13.1 Å². The van der Waals surface area contributed by atoms with E-state index in [-0.39, 0.29) is 5.91 Å². The Kier molecular flexibility index (Phi) is 5.78. The Morgan fingerprint density at radius 1 is 1.26 bits per heavy atom. The van der Waals surface area contributed by atoms with Crippen LogP contribution in [0.4, 0.5) is 0 Å². The molecule has 0 saturated carbocycles. The van der Waals surface area contributed by atoms with E-state index >= 15 is 0 Å². The van der Waals surface area contributed by atoms with Gasteiger partial charge >= 0.3 is 5.97 Å². The number of carbonyl (C=O) groups excluding carboxylic acids is 2. The van der Waals surface area contributed by atoms with E-state index in [1.807, 2.05) is 43.0 Å². The Bertz CT molecular complexity index is 854. The molecule has 0 aliphatic carbocycles. The largest absolute Gasteiger partial charge is 0.449 e. The lowest BCUT2D eigenvalue weighted by molar-refractivity contribution is -0.141. The number of rotatable bonds is 4. The molecular weight excluding hydrogens is 340 g/mol. The number of hydrogen-bond acceptors (Lipinski definition) is 4. The third kappa shape index (κ3) is 3.97. The Morgan fingerprint density at radius 2 is 1.93 bits per heavy atom. The van der Waals surface area contributed by atoms with Crippen LogP contribution in [-0.2, 0) is 16.0 Å². The number of pyridine rings is 1. The van der Waals surface area contributed by atoms with Crippen LogP contribution in [0.15, 0.2) is 24.3 Å². The number of hydrogen-bond donors (Lipinski definition) is 0. The molecule has 27 heavy (non-hydrogen) atoms. The normalized spacial score (nSPS) is 16.4. The van der Waals surface area contributed by atoms with Gasteiger partial charge in [0.15, 0.2) is 6.10 Å². The molecule has 0 N–H and O–H groups in total. The zero-order chi connectivity index (χ0) is 19.6. The van der Waals surface area contributed by atoms with Crippen molar-refractivity contribution < 1.29 is 14.3 Å². The minimum absolute atomic E-state index is 0.109. The number of aromatic nitrogens is 1. The summed E-state index contributed by atoms with van der Waals surface area (Å²) >= 11 is 0. The highest BCUT2D eigenvalue weighted by Gasteiger charge is 2.28. The molecule has 144 valence electrons. The fourth-order valence-electron chi connectivity index (χ4n) is 3.72. The van der Waals surface area contributed by atoms with Crippen molar-refractivity contribution in [1.29, 1.82) is 0 Å². The maximum atomic E-state index is 13.0. The van der Waals surface area contributed by atoms with E-state index in [4.69, 9.17) is 4.74 Å². The molecule has 1 atom stereocenters. The van der Waals surface area contributed by atoms with Gasteiger partial charge in [-0.3, -0.25) is 9.78 Å². The molecule has 5 nitrogen and oxygen atoms in total. The van der Waals surface area contributed by atoms with E-state index in [9.17, 15) is 9.59 Å². The van der Waals surface area contributed by atoms with Crippen LogP contribution in [0.1, 0.15) is 55.2 Å². The van der Waals surface area contributed by atoms with Gasteiger partial charge in [0.25, 0.3) is 5.91 Å². The van der Waals surface area contributed by atoms with Gasteiger partial charge in [-0.15, -0.1) is 0 Å². The topological polar surface area (TPSA) is 59.5 Å². The van der Waals surface area contributed by atoms with Crippen LogP contribution >= 0.6 is 0 Å². The van der Waals surface area contributed by atoms with Crippen LogP contribution in [0.3, 0.4) is 0 Å². The lowest BCUT2D eigenvalue weighted by atomic mass is 9.99. The number of ether oxygens (including phenoxy) is 1. The first-order valence-corrected chi connectivity index (χ1v) is 9.80. The van der Waals surface area contributed by atoms with Crippen molar-refractivity contribution in [2.24, 2.45) is 5.92 Å². The Morgan fingerprint density at radius 3 is 2.59 bits per heavy atom. The molecule has 0 unspecified atom stereocenters. The van der Waals surface area contributed by atoms with Gasteiger partial charge in [0.1, 0.15) is 0 Å². The predicted molar refractivity (Wildman–Crippen MR) is 106 cm³/mol. The van der Waals surface area contributed by atoms with E-state index in [0.717, 1.165) is 54.5 Å². The molecule has 2 aromatic rings. The van der Waals surface area contributed by atoms with E-state index in [1.54, 1.807) is 6.92 Å². The molecule has 1 aromatic carbocycles.